The number of benzene rings is 1. The molecule has 0 aromatic heterocycles. The Hall–Kier alpha value is -1.11. The highest BCUT2D eigenvalue weighted by Crippen LogP contribution is 2.43. The van der Waals surface area contributed by atoms with Gasteiger partial charge < -0.3 is 10.6 Å². The molecule has 2 heterocycles. The first-order valence-electron chi connectivity index (χ1n) is 9.36. The van der Waals surface area contributed by atoms with Crippen molar-refractivity contribution in [1.29, 1.82) is 0 Å². The molecule has 3 fully saturated rings. The first-order chi connectivity index (χ1) is 12.3. The van der Waals surface area contributed by atoms with E-state index in [-0.39, 0.29) is 30.2 Å². The summed E-state index contributed by atoms with van der Waals surface area (Å²) < 4.78 is 24.7. The van der Waals surface area contributed by atoms with Gasteiger partial charge in [-0.3, -0.25) is 4.79 Å². The summed E-state index contributed by atoms with van der Waals surface area (Å²) in [6.07, 6.45) is 4.75. The van der Waals surface area contributed by atoms with Crippen LogP contribution in [0.3, 0.4) is 0 Å². The van der Waals surface area contributed by atoms with Crippen molar-refractivity contribution in [3.63, 3.8) is 0 Å². The van der Waals surface area contributed by atoms with E-state index in [1.165, 1.54) is 0 Å². The maximum atomic E-state index is 13.6. The second kappa shape index (κ2) is 6.50. The van der Waals surface area contributed by atoms with Crippen LogP contribution >= 0.6 is 11.6 Å². The van der Waals surface area contributed by atoms with Crippen LogP contribution < -0.4 is 5.73 Å². The number of nitrogens with two attached hydrogens (primary N) is 1. The van der Waals surface area contributed by atoms with E-state index in [0.717, 1.165) is 37.7 Å². The van der Waals surface area contributed by atoms with Crippen LogP contribution in [0, 0.1) is 5.92 Å². The topological polar surface area (TPSA) is 80.5 Å². The minimum Gasteiger partial charge on any atom is -0.340 e. The van der Waals surface area contributed by atoms with Gasteiger partial charge in [-0.25, -0.2) is 8.42 Å². The van der Waals surface area contributed by atoms with Crippen LogP contribution in [0.25, 0.3) is 0 Å². The number of carbonyl (C=O) groups excluding carboxylic acids is 1. The van der Waals surface area contributed by atoms with Crippen LogP contribution in [-0.2, 0) is 20.0 Å². The van der Waals surface area contributed by atoms with Crippen molar-refractivity contribution in [2.45, 2.75) is 48.8 Å². The lowest BCUT2D eigenvalue weighted by Gasteiger charge is -2.39. The largest absolute Gasteiger partial charge is 0.340 e. The van der Waals surface area contributed by atoms with E-state index in [0.29, 0.717) is 11.6 Å². The molecule has 0 unspecified atom stereocenters. The molecule has 0 bridgehead atoms. The number of hydrogen-bond donors (Lipinski definition) is 1. The van der Waals surface area contributed by atoms with Gasteiger partial charge in [0.25, 0.3) is 0 Å². The number of carbonyl (C=O) groups is 1. The summed E-state index contributed by atoms with van der Waals surface area (Å²) in [5.41, 5.74) is 6.50. The number of sulfone groups is 1. The van der Waals surface area contributed by atoms with Crippen molar-refractivity contribution in [3.05, 3.63) is 34.9 Å². The molecule has 4 rings (SSSR count). The lowest BCUT2D eigenvalue weighted by Crippen LogP contribution is -2.48. The van der Waals surface area contributed by atoms with Gasteiger partial charge in [0.05, 0.1) is 16.4 Å². The molecular weight excluding hydrogens is 372 g/mol. The molecule has 1 saturated carbocycles. The zero-order chi connectivity index (χ0) is 18.5. The highest BCUT2D eigenvalue weighted by atomic mass is 35.5. The number of fused-ring (bicyclic) bond motifs is 1. The van der Waals surface area contributed by atoms with Gasteiger partial charge in [0.15, 0.2) is 9.84 Å². The average molecular weight is 397 g/mol. The summed E-state index contributed by atoms with van der Waals surface area (Å²) in [5, 5.41) is 0.159. The molecule has 3 atom stereocenters. The summed E-state index contributed by atoms with van der Waals surface area (Å²) in [7, 11) is -3.20. The number of likely N-dealkylation sites (tertiary alicyclic amines) is 1. The lowest BCUT2D eigenvalue weighted by atomic mass is 9.68. The van der Waals surface area contributed by atoms with Crippen LogP contribution in [0.5, 0.6) is 0 Å². The van der Waals surface area contributed by atoms with E-state index < -0.39 is 20.5 Å². The van der Waals surface area contributed by atoms with Crippen LogP contribution in [-0.4, -0.2) is 49.4 Å². The minimum absolute atomic E-state index is 0.0483. The van der Waals surface area contributed by atoms with Gasteiger partial charge in [-0.1, -0.05) is 43.0 Å². The predicted octanol–water partition coefficient (Wildman–Crippen LogP) is 2.12. The van der Waals surface area contributed by atoms with Crippen molar-refractivity contribution in [1.82, 2.24) is 4.90 Å². The highest BCUT2D eigenvalue weighted by molar-refractivity contribution is 7.92. The Morgan fingerprint density at radius 1 is 1.12 bits per heavy atom. The second-order valence-corrected chi connectivity index (χ2v) is 10.8. The summed E-state index contributed by atoms with van der Waals surface area (Å²) >= 11 is 6.04. The van der Waals surface area contributed by atoms with E-state index in [4.69, 9.17) is 17.3 Å². The molecule has 1 amide bonds. The first kappa shape index (κ1) is 18.3. The van der Waals surface area contributed by atoms with Gasteiger partial charge in [0, 0.05) is 30.1 Å². The zero-order valence-electron chi connectivity index (χ0n) is 14.7. The number of hydrogen-bond acceptors (Lipinski definition) is 4. The molecule has 142 valence electrons. The molecule has 2 saturated heterocycles. The standard InChI is InChI=1S/C19H25ClN2O3S/c20-14-6-4-13(5-7-14)19(8-2-1-3-9-19)18(23)22-10-15-16(21)12-26(24,25)17(15)11-22/h4-7,15-17H,1-3,8-12,21H2/t15-,16+,17-/m0/s1. The van der Waals surface area contributed by atoms with E-state index in [1.54, 1.807) is 4.90 Å². The van der Waals surface area contributed by atoms with Gasteiger partial charge in [-0.15, -0.1) is 0 Å². The summed E-state index contributed by atoms with van der Waals surface area (Å²) in [6.45, 7) is 0.744. The lowest BCUT2D eigenvalue weighted by molar-refractivity contribution is -0.138. The van der Waals surface area contributed by atoms with Crippen molar-refractivity contribution in [3.8, 4) is 0 Å². The molecule has 1 aromatic rings. The van der Waals surface area contributed by atoms with Gasteiger partial charge in [-0.05, 0) is 30.5 Å². The van der Waals surface area contributed by atoms with E-state index in [1.807, 2.05) is 24.3 Å². The van der Waals surface area contributed by atoms with Gasteiger partial charge in [-0.2, -0.15) is 0 Å². The Morgan fingerprint density at radius 3 is 2.38 bits per heavy atom. The summed E-state index contributed by atoms with van der Waals surface area (Å²) in [6, 6.07) is 7.20. The Bertz CT molecular complexity index is 803. The van der Waals surface area contributed by atoms with E-state index in [2.05, 4.69) is 0 Å². The normalized spacial score (nSPS) is 32.4. The molecule has 1 aromatic carbocycles. The number of rotatable bonds is 2. The molecule has 3 aliphatic rings. The third kappa shape index (κ3) is 2.86. The first-order valence-corrected chi connectivity index (χ1v) is 11.5. The quantitative estimate of drug-likeness (QED) is 0.830. The molecule has 0 radical (unpaired) electrons. The molecule has 2 aliphatic heterocycles. The Morgan fingerprint density at radius 2 is 1.77 bits per heavy atom. The van der Waals surface area contributed by atoms with Crippen molar-refractivity contribution in [2.24, 2.45) is 11.7 Å². The summed E-state index contributed by atoms with van der Waals surface area (Å²) in [5.74, 6) is -0.0155. The van der Waals surface area contributed by atoms with Crippen LogP contribution in [0.15, 0.2) is 24.3 Å². The SMILES string of the molecule is N[C@@H]1CS(=O)(=O)[C@H]2CN(C(=O)C3(c4ccc(Cl)cc4)CCCCC3)C[C@@H]12. The Labute approximate surface area is 159 Å². The Kier molecular flexibility index (Phi) is 4.56. The van der Waals surface area contributed by atoms with Crippen molar-refractivity contribution < 1.29 is 13.2 Å². The fourth-order valence-electron chi connectivity index (χ4n) is 5.12. The predicted molar refractivity (Wildman–Crippen MR) is 102 cm³/mol. The average Bonchev–Trinajstić information content (AvgIpc) is 3.16. The monoisotopic (exact) mass is 396 g/mol. The highest BCUT2D eigenvalue weighted by Gasteiger charge is 2.54. The van der Waals surface area contributed by atoms with E-state index >= 15 is 0 Å². The zero-order valence-corrected chi connectivity index (χ0v) is 16.3. The summed E-state index contributed by atoms with van der Waals surface area (Å²) in [4.78, 5) is 15.4. The fraction of sp³-hybridized carbons (Fsp3) is 0.632. The van der Waals surface area contributed by atoms with Crippen molar-refractivity contribution >= 4 is 27.3 Å². The molecule has 1 aliphatic carbocycles. The smallest absolute Gasteiger partial charge is 0.233 e. The molecule has 5 nitrogen and oxygen atoms in total. The molecule has 2 N–H and O–H groups in total. The third-order valence-corrected chi connectivity index (χ3v) is 9.07. The molecule has 26 heavy (non-hydrogen) atoms. The van der Waals surface area contributed by atoms with Crippen LogP contribution in [0.2, 0.25) is 5.02 Å². The molecule has 0 spiro atoms. The molecule has 7 heteroatoms. The van der Waals surface area contributed by atoms with Crippen LogP contribution in [0.4, 0.5) is 0 Å². The van der Waals surface area contributed by atoms with Crippen molar-refractivity contribution in [2.75, 3.05) is 18.8 Å². The van der Waals surface area contributed by atoms with Crippen LogP contribution in [0.1, 0.15) is 37.7 Å². The van der Waals surface area contributed by atoms with E-state index in [9.17, 15) is 13.2 Å². The van der Waals surface area contributed by atoms with Gasteiger partial charge in [0.1, 0.15) is 0 Å². The fourth-order valence-corrected chi connectivity index (χ4v) is 7.51. The second-order valence-electron chi connectivity index (χ2n) is 8.06. The van der Waals surface area contributed by atoms with Gasteiger partial charge in [0.2, 0.25) is 5.91 Å². The maximum absolute atomic E-state index is 13.6. The number of halogens is 1. The van der Waals surface area contributed by atoms with Gasteiger partial charge >= 0.3 is 0 Å². The maximum Gasteiger partial charge on any atom is 0.233 e. The minimum atomic E-state index is -3.20. The number of amides is 1. The number of nitrogens with zero attached hydrogens (tertiary/aromatic N) is 1. The molecular formula is C19H25ClN2O3S. The third-order valence-electron chi connectivity index (χ3n) is 6.55. The Balaban J connectivity index is 1.65.